The molecule has 0 spiro atoms. The van der Waals surface area contributed by atoms with Gasteiger partial charge in [-0.2, -0.15) is 0 Å². The lowest BCUT2D eigenvalue weighted by molar-refractivity contribution is 0.347. The summed E-state index contributed by atoms with van der Waals surface area (Å²) >= 11 is 0. The summed E-state index contributed by atoms with van der Waals surface area (Å²) in [7, 11) is 0. The normalized spacial score (nSPS) is 36.1. The number of nitrogens with zero attached hydrogens (tertiary/aromatic N) is 1. The van der Waals surface area contributed by atoms with E-state index in [4.69, 9.17) is 0 Å². The van der Waals surface area contributed by atoms with Gasteiger partial charge in [-0.1, -0.05) is 31.2 Å². The molecule has 2 atom stereocenters. The molecule has 11 heavy (non-hydrogen) atoms. The summed E-state index contributed by atoms with van der Waals surface area (Å²) < 4.78 is 0. The lowest BCUT2D eigenvalue weighted by Gasteiger charge is -2.11. The Morgan fingerprint density at radius 2 is 1.73 bits per heavy atom. The second kappa shape index (κ2) is 2.82. The van der Waals surface area contributed by atoms with Gasteiger partial charge in [-0.15, -0.1) is 0 Å². The van der Waals surface area contributed by atoms with Crippen LogP contribution in [0.1, 0.15) is 6.92 Å². The van der Waals surface area contributed by atoms with E-state index in [0.29, 0.717) is 0 Å². The molecule has 1 heterocycles. The molecule has 0 bridgehead atoms. The van der Waals surface area contributed by atoms with Crippen molar-refractivity contribution in [2.24, 2.45) is 11.8 Å². The quantitative estimate of drug-likeness (QED) is 0.548. The van der Waals surface area contributed by atoms with E-state index in [-0.39, 0.29) is 0 Å². The SMILES string of the molecule is CCN1CC2C=CC=CC2C1. The van der Waals surface area contributed by atoms with Crippen molar-refractivity contribution < 1.29 is 0 Å². The average Bonchev–Trinajstić information content (AvgIpc) is 2.46. The lowest BCUT2D eigenvalue weighted by Crippen LogP contribution is -2.19. The van der Waals surface area contributed by atoms with Crippen LogP contribution in [0.25, 0.3) is 0 Å². The topological polar surface area (TPSA) is 3.24 Å². The van der Waals surface area contributed by atoms with Crippen LogP contribution < -0.4 is 0 Å². The van der Waals surface area contributed by atoms with E-state index in [1.807, 2.05) is 0 Å². The number of allylic oxidation sites excluding steroid dienone is 2. The molecule has 0 amide bonds. The van der Waals surface area contributed by atoms with E-state index < -0.39 is 0 Å². The Kier molecular flexibility index (Phi) is 1.82. The summed E-state index contributed by atoms with van der Waals surface area (Å²) in [6.45, 7) is 5.98. The first-order valence-electron chi connectivity index (χ1n) is 4.47. The molecule has 0 aromatic rings. The molecule has 0 N–H and O–H groups in total. The molecule has 1 aliphatic heterocycles. The first-order valence-corrected chi connectivity index (χ1v) is 4.47. The van der Waals surface area contributed by atoms with E-state index in [1.165, 1.54) is 19.6 Å². The van der Waals surface area contributed by atoms with Crippen LogP contribution in [0.5, 0.6) is 0 Å². The zero-order valence-electron chi connectivity index (χ0n) is 7.03. The van der Waals surface area contributed by atoms with Crippen molar-refractivity contribution in [1.82, 2.24) is 4.90 Å². The third-order valence-electron chi connectivity index (χ3n) is 2.76. The third kappa shape index (κ3) is 1.25. The van der Waals surface area contributed by atoms with Gasteiger partial charge in [-0.25, -0.2) is 0 Å². The number of hydrogen-bond donors (Lipinski definition) is 0. The van der Waals surface area contributed by atoms with Gasteiger partial charge in [0.15, 0.2) is 0 Å². The minimum atomic E-state index is 0.806. The summed E-state index contributed by atoms with van der Waals surface area (Å²) in [5.41, 5.74) is 0. The molecule has 1 heteroatoms. The zero-order chi connectivity index (χ0) is 7.68. The van der Waals surface area contributed by atoms with Crippen LogP contribution in [-0.4, -0.2) is 24.5 Å². The minimum Gasteiger partial charge on any atom is -0.302 e. The van der Waals surface area contributed by atoms with Gasteiger partial charge in [0.25, 0.3) is 0 Å². The van der Waals surface area contributed by atoms with Crippen LogP contribution in [0.3, 0.4) is 0 Å². The molecule has 1 nitrogen and oxygen atoms in total. The van der Waals surface area contributed by atoms with Crippen molar-refractivity contribution in [2.45, 2.75) is 6.92 Å². The highest BCUT2D eigenvalue weighted by Crippen LogP contribution is 2.27. The Labute approximate surface area is 68.4 Å². The van der Waals surface area contributed by atoms with E-state index in [1.54, 1.807) is 0 Å². The Morgan fingerprint density at radius 1 is 1.18 bits per heavy atom. The van der Waals surface area contributed by atoms with Gasteiger partial charge >= 0.3 is 0 Å². The number of hydrogen-bond acceptors (Lipinski definition) is 1. The molecule has 1 fully saturated rings. The van der Waals surface area contributed by atoms with E-state index >= 15 is 0 Å². The zero-order valence-corrected chi connectivity index (χ0v) is 7.03. The summed E-state index contributed by atoms with van der Waals surface area (Å²) in [6.07, 6.45) is 9.06. The fraction of sp³-hybridized carbons (Fsp3) is 0.600. The predicted octanol–water partition coefficient (Wildman–Crippen LogP) is 1.68. The summed E-state index contributed by atoms with van der Waals surface area (Å²) in [4.78, 5) is 2.52. The van der Waals surface area contributed by atoms with Crippen molar-refractivity contribution >= 4 is 0 Å². The fourth-order valence-electron chi connectivity index (χ4n) is 2.02. The molecule has 2 rings (SSSR count). The maximum atomic E-state index is 2.52. The first-order chi connectivity index (χ1) is 5.40. The van der Waals surface area contributed by atoms with Gasteiger partial charge in [-0.05, 0) is 18.4 Å². The Balaban J connectivity index is 2.06. The molecule has 0 aromatic carbocycles. The van der Waals surface area contributed by atoms with Gasteiger partial charge in [0.2, 0.25) is 0 Å². The molecule has 0 radical (unpaired) electrons. The molecule has 0 saturated carbocycles. The second-order valence-electron chi connectivity index (χ2n) is 3.45. The van der Waals surface area contributed by atoms with Gasteiger partial charge < -0.3 is 4.90 Å². The van der Waals surface area contributed by atoms with Gasteiger partial charge in [0.05, 0.1) is 0 Å². The summed E-state index contributed by atoms with van der Waals surface area (Å²) in [5, 5.41) is 0. The van der Waals surface area contributed by atoms with Crippen LogP contribution in [-0.2, 0) is 0 Å². The van der Waals surface area contributed by atoms with Crippen molar-refractivity contribution in [1.29, 1.82) is 0 Å². The Morgan fingerprint density at radius 3 is 2.18 bits per heavy atom. The molecule has 60 valence electrons. The molecule has 2 unspecified atom stereocenters. The van der Waals surface area contributed by atoms with Crippen molar-refractivity contribution in [3.63, 3.8) is 0 Å². The molecule has 2 aliphatic rings. The largest absolute Gasteiger partial charge is 0.302 e. The van der Waals surface area contributed by atoms with Crippen LogP contribution in [0.2, 0.25) is 0 Å². The van der Waals surface area contributed by atoms with E-state index in [9.17, 15) is 0 Å². The third-order valence-corrected chi connectivity index (χ3v) is 2.76. The predicted molar refractivity (Wildman–Crippen MR) is 47.4 cm³/mol. The number of fused-ring (bicyclic) bond motifs is 1. The molecule has 1 saturated heterocycles. The van der Waals surface area contributed by atoms with Crippen molar-refractivity contribution in [2.75, 3.05) is 19.6 Å². The van der Waals surface area contributed by atoms with Crippen LogP contribution in [0.15, 0.2) is 24.3 Å². The van der Waals surface area contributed by atoms with Gasteiger partial charge in [0.1, 0.15) is 0 Å². The lowest BCUT2D eigenvalue weighted by atomic mass is 9.92. The number of rotatable bonds is 1. The van der Waals surface area contributed by atoms with Crippen LogP contribution in [0.4, 0.5) is 0 Å². The van der Waals surface area contributed by atoms with Crippen molar-refractivity contribution in [3.05, 3.63) is 24.3 Å². The highest BCUT2D eigenvalue weighted by Gasteiger charge is 2.28. The summed E-state index contributed by atoms with van der Waals surface area (Å²) in [5.74, 6) is 1.61. The Hall–Kier alpha value is -0.560. The average molecular weight is 149 g/mol. The fourth-order valence-corrected chi connectivity index (χ4v) is 2.02. The summed E-state index contributed by atoms with van der Waals surface area (Å²) in [6, 6.07) is 0. The maximum Gasteiger partial charge on any atom is 0.00507 e. The monoisotopic (exact) mass is 149 g/mol. The smallest absolute Gasteiger partial charge is 0.00507 e. The van der Waals surface area contributed by atoms with Crippen LogP contribution >= 0.6 is 0 Å². The molecule has 1 aliphatic carbocycles. The van der Waals surface area contributed by atoms with Gasteiger partial charge in [0, 0.05) is 13.1 Å². The van der Waals surface area contributed by atoms with Crippen LogP contribution in [0, 0.1) is 11.8 Å². The molecular weight excluding hydrogens is 134 g/mol. The second-order valence-corrected chi connectivity index (χ2v) is 3.45. The number of likely N-dealkylation sites (tertiary alicyclic amines) is 1. The first kappa shape index (κ1) is 7.11. The molecular formula is C10H15N. The molecule has 0 aromatic heterocycles. The van der Waals surface area contributed by atoms with E-state index in [2.05, 4.69) is 36.1 Å². The maximum absolute atomic E-state index is 2.52. The highest BCUT2D eigenvalue weighted by atomic mass is 15.1. The highest BCUT2D eigenvalue weighted by molar-refractivity contribution is 5.17. The van der Waals surface area contributed by atoms with Crippen molar-refractivity contribution in [3.8, 4) is 0 Å². The minimum absolute atomic E-state index is 0.806. The standard InChI is InChI=1S/C10H15N/c1-2-11-7-9-5-3-4-6-10(9)8-11/h3-6,9-10H,2,7-8H2,1H3. The van der Waals surface area contributed by atoms with E-state index in [0.717, 1.165) is 11.8 Å². The van der Waals surface area contributed by atoms with Gasteiger partial charge in [-0.3, -0.25) is 0 Å². The Bertz CT molecular complexity index is 173.